The molecule has 1 aromatic heterocycles. The van der Waals surface area contributed by atoms with Crippen molar-refractivity contribution in [2.45, 2.75) is 12.6 Å². The summed E-state index contributed by atoms with van der Waals surface area (Å²) in [4.78, 5) is 35.9. The van der Waals surface area contributed by atoms with Gasteiger partial charge in [0.15, 0.2) is 5.58 Å². The van der Waals surface area contributed by atoms with Crippen LogP contribution in [0.2, 0.25) is 0 Å². The molecular weight excluding hydrogens is 336 g/mol. The van der Waals surface area contributed by atoms with E-state index in [1.165, 1.54) is 4.57 Å². The Morgan fingerprint density at radius 1 is 1.12 bits per heavy atom. The Balaban J connectivity index is 1.48. The van der Waals surface area contributed by atoms with Gasteiger partial charge in [0, 0.05) is 12.1 Å². The van der Waals surface area contributed by atoms with Crippen molar-refractivity contribution in [3.05, 3.63) is 70.2 Å². The Labute approximate surface area is 147 Å². The number of benzene rings is 2. The summed E-state index contributed by atoms with van der Waals surface area (Å²) in [5.41, 5.74) is 2.19. The summed E-state index contributed by atoms with van der Waals surface area (Å²) in [5.74, 6) is -1.34. The third-order valence-electron chi connectivity index (χ3n) is 4.21. The summed E-state index contributed by atoms with van der Waals surface area (Å²) in [7, 11) is 0. The van der Waals surface area contributed by atoms with Crippen molar-refractivity contribution in [3.63, 3.8) is 0 Å². The minimum Gasteiger partial charge on any atom is -0.408 e. The number of nitrogens with one attached hydrogen (secondary N) is 1. The second kappa shape index (κ2) is 6.40. The Morgan fingerprint density at radius 2 is 1.88 bits per heavy atom. The Kier molecular flexibility index (Phi) is 3.92. The fourth-order valence-corrected chi connectivity index (χ4v) is 2.95. The highest BCUT2D eigenvalue weighted by Gasteiger charge is 2.24. The second-order valence-corrected chi connectivity index (χ2v) is 5.85. The minimum atomic E-state index is -0.588. The molecule has 0 radical (unpaired) electrons. The van der Waals surface area contributed by atoms with Gasteiger partial charge in [0.2, 0.25) is 5.91 Å². The van der Waals surface area contributed by atoms with Crippen molar-refractivity contribution < 1.29 is 14.0 Å². The van der Waals surface area contributed by atoms with Crippen molar-refractivity contribution in [1.82, 2.24) is 9.88 Å². The van der Waals surface area contributed by atoms with Gasteiger partial charge in [0.1, 0.15) is 12.6 Å². The zero-order chi connectivity index (χ0) is 18.1. The van der Waals surface area contributed by atoms with E-state index in [1.54, 1.807) is 48.5 Å². The quantitative estimate of drug-likeness (QED) is 0.777. The molecule has 0 spiro atoms. The standard InChI is InChI=1S/C18H14N4O4/c23-16(10-22-14-7-3-4-8-15(14)26-18(22)25)19-9-13-11-5-1-2-6-12(11)17(24)21-20-13/h1-8,13H,9-10H2,(H,19,23). The molecule has 4 rings (SSSR count). The second-order valence-electron chi connectivity index (χ2n) is 5.85. The first-order valence-corrected chi connectivity index (χ1v) is 8.02. The van der Waals surface area contributed by atoms with E-state index >= 15 is 0 Å². The summed E-state index contributed by atoms with van der Waals surface area (Å²) in [6.45, 7) is 0.0114. The largest absolute Gasteiger partial charge is 0.420 e. The Bertz CT molecular complexity index is 1100. The summed E-state index contributed by atoms with van der Waals surface area (Å²) in [6.07, 6.45) is 0. The van der Waals surface area contributed by atoms with Gasteiger partial charge in [0.25, 0.3) is 5.91 Å². The highest BCUT2D eigenvalue weighted by molar-refractivity contribution is 5.97. The van der Waals surface area contributed by atoms with Crippen LogP contribution < -0.4 is 11.1 Å². The van der Waals surface area contributed by atoms with Crippen molar-refractivity contribution in [1.29, 1.82) is 0 Å². The van der Waals surface area contributed by atoms with Gasteiger partial charge < -0.3 is 9.73 Å². The first-order chi connectivity index (χ1) is 12.6. The van der Waals surface area contributed by atoms with E-state index in [0.29, 0.717) is 16.7 Å². The zero-order valence-corrected chi connectivity index (χ0v) is 13.6. The monoisotopic (exact) mass is 350 g/mol. The summed E-state index contributed by atoms with van der Waals surface area (Å²) in [6, 6.07) is 13.5. The average Bonchev–Trinajstić information content (AvgIpc) is 2.97. The molecule has 2 amide bonds. The number of rotatable bonds is 4. The molecule has 0 aliphatic carbocycles. The van der Waals surface area contributed by atoms with Crippen LogP contribution in [0.3, 0.4) is 0 Å². The lowest BCUT2D eigenvalue weighted by atomic mass is 9.99. The van der Waals surface area contributed by atoms with Crippen LogP contribution in [0.25, 0.3) is 11.1 Å². The predicted octanol–water partition coefficient (Wildman–Crippen LogP) is 2.06. The fourth-order valence-electron chi connectivity index (χ4n) is 2.95. The van der Waals surface area contributed by atoms with Crippen LogP contribution in [0.5, 0.6) is 0 Å². The lowest BCUT2D eigenvalue weighted by Gasteiger charge is -2.18. The number of carbonyl (C=O) groups is 2. The molecule has 0 saturated carbocycles. The number of carbonyl (C=O) groups excluding carboxylic acids is 2. The molecular formula is C18H14N4O4. The van der Waals surface area contributed by atoms with Gasteiger partial charge >= 0.3 is 5.76 Å². The number of amides is 2. The molecule has 2 aromatic carbocycles. The maximum absolute atomic E-state index is 12.3. The van der Waals surface area contributed by atoms with E-state index in [9.17, 15) is 14.4 Å². The number of aromatic nitrogens is 1. The topological polar surface area (TPSA) is 106 Å². The third kappa shape index (κ3) is 2.81. The molecule has 1 atom stereocenters. The van der Waals surface area contributed by atoms with Crippen molar-refractivity contribution in [3.8, 4) is 0 Å². The van der Waals surface area contributed by atoms with Gasteiger partial charge in [-0.1, -0.05) is 30.3 Å². The number of hydrogen-bond donors (Lipinski definition) is 1. The van der Waals surface area contributed by atoms with Gasteiger partial charge in [-0.2, -0.15) is 5.11 Å². The van der Waals surface area contributed by atoms with Crippen molar-refractivity contribution >= 4 is 22.9 Å². The van der Waals surface area contributed by atoms with Gasteiger partial charge in [0.05, 0.1) is 5.52 Å². The summed E-state index contributed by atoms with van der Waals surface area (Å²) >= 11 is 0. The van der Waals surface area contributed by atoms with E-state index in [2.05, 4.69) is 15.5 Å². The predicted molar refractivity (Wildman–Crippen MR) is 91.9 cm³/mol. The van der Waals surface area contributed by atoms with Crippen LogP contribution in [0.1, 0.15) is 22.0 Å². The van der Waals surface area contributed by atoms with Crippen LogP contribution in [0.15, 0.2) is 68.0 Å². The molecule has 1 N–H and O–H groups in total. The van der Waals surface area contributed by atoms with Crippen LogP contribution in [0, 0.1) is 0 Å². The highest BCUT2D eigenvalue weighted by Crippen LogP contribution is 2.26. The number of fused-ring (bicyclic) bond motifs is 2. The number of nitrogens with zero attached hydrogens (tertiary/aromatic N) is 3. The first kappa shape index (κ1) is 15.9. The maximum atomic E-state index is 12.3. The Hall–Kier alpha value is -3.55. The molecule has 0 saturated heterocycles. The van der Waals surface area contributed by atoms with Gasteiger partial charge in [-0.05, 0) is 23.8 Å². The number of hydrogen-bond acceptors (Lipinski definition) is 5. The SMILES string of the molecule is O=C(Cn1c(=O)oc2ccccc21)NCC1N=NC(=O)c2ccccc21. The van der Waals surface area contributed by atoms with Gasteiger partial charge in [-0.15, -0.1) is 5.11 Å². The van der Waals surface area contributed by atoms with Gasteiger partial charge in [-0.3, -0.25) is 14.2 Å². The van der Waals surface area contributed by atoms with E-state index < -0.39 is 11.8 Å². The van der Waals surface area contributed by atoms with E-state index in [0.717, 1.165) is 5.56 Å². The molecule has 3 aromatic rings. The Morgan fingerprint density at radius 3 is 2.77 bits per heavy atom. The molecule has 0 fully saturated rings. The lowest BCUT2D eigenvalue weighted by molar-refractivity contribution is -0.121. The zero-order valence-electron chi connectivity index (χ0n) is 13.6. The molecule has 8 nitrogen and oxygen atoms in total. The molecule has 0 bridgehead atoms. The van der Waals surface area contributed by atoms with Crippen LogP contribution in [-0.2, 0) is 11.3 Å². The smallest absolute Gasteiger partial charge is 0.408 e. The molecule has 1 unspecified atom stereocenters. The van der Waals surface area contributed by atoms with E-state index in [1.807, 2.05) is 0 Å². The fraction of sp³-hybridized carbons (Fsp3) is 0.167. The molecule has 1 aliphatic heterocycles. The number of azo groups is 1. The highest BCUT2D eigenvalue weighted by atomic mass is 16.4. The first-order valence-electron chi connectivity index (χ1n) is 8.02. The maximum Gasteiger partial charge on any atom is 0.420 e. The molecule has 8 heteroatoms. The van der Waals surface area contributed by atoms with E-state index in [-0.39, 0.29) is 24.9 Å². The van der Waals surface area contributed by atoms with Gasteiger partial charge in [-0.25, -0.2) is 4.79 Å². The average molecular weight is 350 g/mol. The van der Waals surface area contributed by atoms with Crippen molar-refractivity contribution in [2.24, 2.45) is 10.2 Å². The number of para-hydroxylation sites is 2. The summed E-state index contributed by atoms with van der Waals surface area (Å²) in [5, 5.41) is 10.3. The number of oxazole rings is 1. The van der Waals surface area contributed by atoms with Crippen LogP contribution in [0.4, 0.5) is 0 Å². The normalized spacial score (nSPS) is 15.8. The van der Waals surface area contributed by atoms with E-state index in [4.69, 9.17) is 4.42 Å². The van der Waals surface area contributed by atoms with Crippen LogP contribution in [-0.4, -0.2) is 22.9 Å². The van der Waals surface area contributed by atoms with Crippen LogP contribution >= 0.6 is 0 Å². The lowest BCUT2D eigenvalue weighted by Crippen LogP contribution is -2.34. The summed E-state index contributed by atoms with van der Waals surface area (Å²) < 4.78 is 6.38. The molecule has 130 valence electrons. The third-order valence-corrected chi connectivity index (χ3v) is 4.21. The minimum absolute atomic E-state index is 0.166. The molecule has 26 heavy (non-hydrogen) atoms. The molecule has 1 aliphatic rings. The van der Waals surface area contributed by atoms with Crippen molar-refractivity contribution in [2.75, 3.05) is 6.54 Å². The molecule has 2 heterocycles.